The minimum Gasteiger partial charge on any atom is -0.298 e. The highest BCUT2D eigenvalue weighted by molar-refractivity contribution is 6.07. The van der Waals surface area contributed by atoms with Crippen molar-refractivity contribution in [2.24, 2.45) is 0 Å². The summed E-state index contributed by atoms with van der Waals surface area (Å²) in [6.07, 6.45) is 0. The Morgan fingerprint density at radius 2 is 1.42 bits per heavy atom. The Hall–Kier alpha value is -3.66. The van der Waals surface area contributed by atoms with Crippen LogP contribution in [0, 0.1) is 0 Å². The highest BCUT2D eigenvalue weighted by atomic mass is 16.2. The molecule has 0 saturated heterocycles. The molecule has 0 aliphatic heterocycles. The molecule has 0 aliphatic rings. The molecule has 4 nitrogen and oxygen atoms in total. The van der Waals surface area contributed by atoms with E-state index in [1.54, 1.807) is 0 Å². The number of anilines is 1. The van der Waals surface area contributed by atoms with Crippen LogP contribution in [0.2, 0.25) is 0 Å². The Labute approximate surface area is 151 Å². The van der Waals surface area contributed by atoms with Crippen molar-refractivity contribution in [2.45, 2.75) is 0 Å². The first-order valence-electron chi connectivity index (χ1n) is 8.38. The monoisotopic (exact) mass is 339 g/mol. The number of carbonyl (C=O) groups is 1. The van der Waals surface area contributed by atoms with Crippen molar-refractivity contribution in [3.8, 4) is 11.3 Å². The average molecular weight is 339 g/mol. The third-order valence-electron chi connectivity index (χ3n) is 4.12. The summed E-state index contributed by atoms with van der Waals surface area (Å²) in [5.41, 5.74) is 9.66. The topological polar surface area (TPSA) is 54.0 Å². The van der Waals surface area contributed by atoms with Crippen molar-refractivity contribution in [3.05, 3.63) is 96.6 Å². The summed E-state index contributed by atoms with van der Waals surface area (Å²) in [6.45, 7) is 0. The van der Waals surface area contributed by atoms with E-state index in [1.165, 1.54) is 0 Å². The fourth-order valence-corrected chi connectivity index (χ4v) is 2.84. The quantitative estimate of drug-likeness (QED) is 0.532. The summed E-state index contributed by atoms with van der Waals surface area (Å²) in [4.78, 5) is 17.5. The summed E-state index contributed by atoms with van der Waals surface area (Å²) in [7, 11) is 0. The number of hydrogen-bond donors (Lipinski definition) is 2. The van der Waals surface area contributed by atoms with Crippen LogP contribution in [-0.4, -0.2) is 10.9 Å². The number of para-hydroxylation sites is 2. The Morgan fingerprint density at radius 3 is 2.19 bits per heavy atom. The summed E-state index contributed by atoms with van der Waals surface area (Å²) in [6, 6.07) is 28.9. The van der Waals surface area contributed by atoms with Crippen molar-refractivity contribution in [1.82, 2.24) is 10.4 Å². The van der Waals surface area contributed by atoms with E-state index in [2.05, 4.69) is 10.9 Å². The number of fused-ring (bicyclic) bond motifs is 1. The van der Waals surface area contributed by atoms with Crippen LogP contribution in [0.15, 0.2) is 91.0 Å². The lowest BCUT2D eigenvalue weighted by atomic mass is 10.0. The van der Waals surface area contributed by atoms with E-state index in [-0.39, 0.29) is 5.91 Å². The smallest absolute Gasteiger partial charge is 0.270 e. The van der Waals surface area contributed by atoms with Gasteiger partial charge in [0.1, 0.15) is 0 Å². The normalized spacial score (nSPS) is 10.5. The number of benzene rings is 3. The molecular weight excluding hydrogens is 322 g/mol. The molecule has 1 aromatic heterocycles. The van der Waals surface area contributed by atoms with E-state index in [9.17, 15) is 4.79 Å². The Morgan fingerprint density at radius 1 is 0.769 bits per heavy atom. The molecule has 0 bridgehead atoms. The second-order valence-corrected chi connectivity index (χ2v) is 5.88. The highest BCUT2D eigenvalue weighted by Crippen LogP contribution is 2.24. The predicted octanol–water partition coefficient (Wildman–Crippen LogP) is 4.66. The third-order valence-corrected chi connectivity index (χ3v) is 4.12. The number of amides is 1. The van der Waals surface area contributed by atoms with E-state index in [0.29, 0.717) is 5.56 Å². The number of hydrogen-bond acceptors (Lipinski definition) is 3. The molecule has 0 spiro atoms. The van der Waals surface area contributed by atoms with Gasteiger partial charge >= 0.3 is 0 Å². The van der Waals surface area contributed by atoms with Gasteiger partial charge in [0.15, 0.2) is 0 Å². The van der Waals surface area contributed by atoms with Crippen LogP contribution in [0.25, 0.3) is 22.2 Å². The minimum absolute atomic E-state index is 0.204. The summed E-state index contributed by atoms with van der Waals surface area (Å²) < 4.78 is 0. The van der Waals surface area contributed by atoms with Gasteiger partial charge in [-0.3, -0.25) is 15.6 Å². The van der Waals surface area contributed by atoms with Crippen LogP contribution >= 0.6 is 0 Å². The number of hydrazine groups is 1. The number of pyridine rings is 1. The molecule has 0 atom stereocenters. The van der Waals surface area contributed by atoms with Crippen LogP contribution in [0.4, 0.5) is 5.69 Å². The van der Waals surface area contributed by atoms with E-state index in [1.807, 2.05) is 91.0 Å². The van der Waals surface area contributed by atoms with Crippen LogP contribution in [0.1, 0.15) is 10.4 Å². The van der Waals surface area contributed by atoms with Gasteiger partial charge in [-0.25, -0.2) is 4.98 Å². The first-order valence-corrected chi connectivity index (χ1v) is 8.38. The molecule has 4 heteroatoms. The zero-order chi connectivity index (χ0) is 17.8. The molecule has 1 amide bonds. The number of rotatable bonds is 4. The molecule has 4 rings (SSSR count). The van der Waals surface area contributed by atoms with Crippen molar-refractivity contribution in [1.29, 1.82) is 0 Å². The second kappa shape index (κ2) is 7.07. The molecule has 1 heterocycles. The predicted molar refractivity (Wildman–Crippen MR) is 105 cm³/mol. The van der Waals surface area contributed by atoms with Gasteiger partial charge < -0.3 is 0 Å². The largest absolute Gasteiger partial charge is 0.298 e. The molecule has 0 saturated carbocycles. The van der Waals surface area contributed by atoms with Crippen LogP contribution in [0.3, 0.4) is 0 Å². The van der Waals surface area contributed by atoms with Gasteiger partial charge in [-0.2, -0.15) is 0 Å². The molecule has 2 N–H and O–H groups in total. The van der Waals surface area contributed by atoms with Gasteiger partial charge in [-0.05, 0) is 24.3 Å². The van der Waals surface area contributed by atoms with E-state index in [4.69, 9.17) is 4.98 Å². The highest BCUT2D eigenvalue weighted by Gasteiger charge is 2.13. The maximum absolute atomic E-state index is 12.8. The molecule has 26 heavy (non-hydrogen) atoms. The van der Waals surface area contributed by atoms with Gasteiger partial charge in [0.25, 0.3) is 5.91 Å². The van der Waals surface area contributed by atoms with Crippen LogP contribution in [0.5, 0.6) is 0 Å². The zero-order valence-electron chi connectivity index (χ0n) is 14.0. The Balaban J connectivity index is 1.72. The molecule has 0 radical (unpaired) electrons. The van der Waals surface area contributed by atoms with Crippen LogP contribution in [-0.2, 0) is 0 Å². The fraction of sp³-hybridized carbons (Fsp3) is 0. The van der Waals surface area contributed by atoms with E-state index < -0.39 is 0 Å². The molecular formula is C22H17N3O. The van der Waals surface area contributed by atoms with Gasteiger partial charge in [0, 0.05) is 10.9 Å². The first-order chi connectivity index (χ1) is 12.8. The Kier molecular flexibility index (Phi) is 4.31. The van der Waals surface area contributed by atoms with Gasteiger partial charge in [-0.1, -0.05) is 66.7 Å². The van der Waals surface area contributed by atoms with Gasteiger partial charge in [0.05, 0.1) is 22.5 Å². The molecule has 0 fully saturated rings. The molecule has 0 unspecified atom stereocenters. The second-order valence-electron chi connectivity index (χ2n) is 5.88. The number of nitrogens with zero attached hydrogens (tertiary/aromatic N) is 1. The number of carbonyl (C=O) groups excluding carboxylic acids is 1. The van der Waals surface area contributed by atoms with E-state index in [0.717, 1.165) is 27.8 Å². The lowest BCUT2D eigenvalue weighted by molar-refractivity contribution is 0.0964. The molecule has 3 aromatic carbocycles. The minimum atomic E-state index is -0.204. The van der Waals surface area contributed by atoms with E-state index >= 15 is 0 Å². The van der Waals surface area contributed by atoms with Crippen molar-refractivity contribution in [3.63, 3.8) is 0 Å². The van der Waals surface area contributed by atoms with Crippen molar-refractivity contribution in [2.75, 3.05) is 5.43 Å². The van der Waals surface area contributed by atoms with Gasteiger partial charge in [0.2, 0.25) is 0 Å². The maximum atomic E-state index is 12.8. The first kappa shape index (κ1) is 15.8. The Bertz CT molecular complexity index is 1050. The summed E-state index contributed by atoms with van der Waals surface area (Å²) in [5, 5.41) is 0.819. The fourth-order valence-electron chi connectivity index (χ4n) is 2.84. The average Bonchev–Trinajstić information content (AvgIpc) is 2.72. The zero-order valence-corrected chi connectivity index (χ0v) is 14.0. The lowest BCUT2D eigenvalue weighted by Gasteiger charge is -2.12. The van der Waals surface area contributed by atoms with Gasteiger partial charge in [-0.15, -0.1) is 0 Å². The van der Waals surface area contributed by atoms with Crippen molar-refractivity contribution < 1.29 is 4.79 Å². The van der Waals surface area contributed by atoms with Crippen molar-refractivity contribution >= 4 is 22.5 Å². The molecule has 0 aliphatic carbocycles. The standard InChI is InChI=1S/C22H17N3O/c26-22(25-24-17-11-5-2-6-12-17)19-15-21(16-9-3-1-4-10-16)23-20-14-8-7-13-18(19)20/h1-15,24H,(H,25,26). The SMILES string of the molecule is O=C(NNc1ccccc1)c1cc(-c2ccccc2)nc2ccccc12. The number of nitrogens with one attached hydrogen (secondary N) is 2. The lowest BCUT2D eigenvalue weighted by Crippen LogP contribution is -2.29. The summed E-state index contributed by atoms with van der Waals surface area (Å²) >= 11 is 0. The third kappa shape index (κ3) is 3.26. The van der Waals surface area contributed by atoms with Crippen LogP contribution < -0.4 is 10.9 Å². The number of aromatic nitrogens is 1. The maximum Gasteiger partial charge on any atom is 0.270 e. The molecule has 126 valence electrons. The summed E-state index contributed by atoms with van der Waals surface area (Å²) in [5.74, 6) is -0.204. The molecule has 4 aromatic rings.